The molecule has 0 aliphatic carbocycles. The van der Waals surface area contributed by atoms with Crippen molar-refractivity contribution in [3.8, 4) is 11.5 Å². The Morgan fingerprint density at radius 2 is 1.86 bits per heavy atom. The Hall–Kier alpha value is -2.24. The minimum atomic E-state index is -0.557. The number of rotatable bonds is 3. The molecule has 1 amide bonds. The zero-order valence-corrected chi connectivity index (χ0v) is 17.6. The van der Waals surface area contributed by atoms with E-state index < -0.39 is 5.60 Å². The lowest BCUT2D eigenvalue weighted by molar-refractivity contribution is -0.136. The van der Waals surface area contributed by atoms with Gasteiger partial charge in [0, 0.05) is 36.0 Å². The van der Waals surface area contributed by atoms with Gasteiger partial charge in [0.25, 0.3) is 5.91 Å². The maximum atomic E-state index is 12.7. The highest BCUT2D eigenvalue weighted by molar-refractivity contribution is 6.32. The molecule has 7 heteroatoms. The zero-order chi connectivity index (χ0) is 20.6. The first-order valence-electron chi connectivity index (χ1n) is 9.54. The Labute approximate surface area is 179 Å². The molecule has 2 aliphatic heterocycles. The molecule has 0 atom stereocenters. The van der Waals surface area contributed by atoms with Crippen molar-refractivity contribution in [1.29, 1.82) is 0 Å². The Balaban J connectivity index is 1.37. The number of ether oxygens (including phenoxy) is 2. The fraction of sp³-hybridized carbons (Fsp3) is 0.364. The van der Waals surface area contributed by atoms with Crippen molar-refractivity contribution < 1.29 is 19.1 Å². The highest BCUT2D eigenvalue weighted by Crippen LogP contribution is 2.41. The lowest BCUT2D eigenvalue weighted by Crippen LogP contribution is -2.53. The Morgan fingerprint density at radius 3 is 2.55 bits per heavy atom. The molecule has 0 saturated carbocycles. The molecule has 0 aromatic heterocycles. The van der Waals surface area contributed by atoms with Gasteiger partial charge in [-0.2, -0.15) is 0 Å². The molecule has 1 spiro atoms. The monoisotopic (exact) mass is 433 g/mol. The second-order valence-electron chi connectivity index (χ2n) is 7.61. The number of ketones is 1. The maximum absolute atomic E-state index is 12.7. The lowest BCUT2D eigenvalue weighted by atomic mass is 9.82. The molecular formula is C22H21Cl2NO4. The topological polar surface area (TPSA) is 55.8 Å². The number of piperidine rings is 1. The third-order valence-electron chi connectivity index (χ3n) is 5.57. The summed E-state index contributed by atoms with van der Waals surface area (Å²) in [7, 11) is 0. The third-order valence-corrected chi connectivity index (χ3v) is 6.23. The summed E-state index contributed by atoms with van der Waals surface area (Å²) >= 11 is 12.0. The number of hydrogen-bond donors (Lipinski definition) is 0. The Kier molecular flexibility index (Phi) is 5.45. The second kappa shape index (κ2) is 7.88. The zero-order valence-electron chi connectivity index (χ0n) is 16.0. The molecule has 0 N–H and O–H groups in total. The Bertz CT molecular complexity index is 950. The molecule has 2 aromatic rings. The molecule has 0 unspecified atom stereocenters. The average Bonchev–Trinajstić information content (AvgIpc) is 2.69. The standard InChI is InChI=1S/C22H21Cl2NO4/c1-14-10-20-17(11-18(14)24)19(26)12-22(29-20)6-8-25(9-7-22)21(27)13-28-16-4-2-15(23)3-5-16/h2-5,10-11H,6-9,12-13H2,1H3. The van der Waals surface area contributed by atoms with Crippen LogP contribution in [-0.2, 0) is 4.79 Å². The summed E-state index contributed by atoms with van der Waals surface area (Å²) in [5, 5.41) is 1.18. The van der Waals surface area contributed by atoms with Crippen LogP contribution in [0.5, 0.6) is 11.5 Å². The minimum absolute atomic E-state index is 0.0328. The number of aryl methyl sites for hydroxylation is 1. The van der Waals surface area contributed by atoms with E-state index in [1.165, 1.54) is 0 Å². The van der Waals surface area contributed by atoms with E-state index in [0.717, 1.165) is 5.56 Å². The summed E-state index contributed by atoms with van der Waals surface area (Å²) < 4.78 is 11.8. The third kappa shape index (κ3) is 4.21. The van der Waals surface area contributed by atoms with Crippen LogP contribution >= 0.6 is 23.2 Å². The van der Waals surface area contributed by atoms with E-state index in [2.05, 4.69) is 0 Å². The van der Waals surface area contributed by atoms with Crippen molar-refractivity contribution in [2.24, 2.45) is 0 Å². The van der Waals surface area contributed by atoms with Crippen molar-refractivity contribution in [3.63, 3.8) is 0 Å². The summed E-state index contributed by atoms with van der Waals surface area (Å²) in [5.41, 5.74) is 0.862. The van der Waals surface area contributed by atoms with E-state index in [9.17, 15) is 9.59 Å². The molecule has 29 heavy (non-hydrogen) atoms. The van der Waals surface area contributed by atoms with Crippen molar-refractivity contribution in [1.82, 2.24) is 4.90 Å². The summed E-state index contributed by atoms with van der Waals surface area (Å²) in [5.74, 6) is 1.15. The maximum Gasteiger partial charge on any atom is 0.260 e. The number of halogens is 2. The highest BCUT2D eigenvalue weighted by Gasteiger charge is 2.43. The molecule has 0 bridgehead atoms. The Morgan fingerprint density at radius 1 is 1.17 bits per heavy atom. The van der Waals surface area contributed by atoms with Gasteiger partial charge in [-0.25, -0.2) is 0 Å². The minimum Gasteiger partial charge on any atom is -0.486 e. The molecule has 4 rings (SSSR count). The number of carbonyl (C=O) groups is 2. The fourth-order valence-corrected chi connectivity index (χ4v) is 4.11. The molecule has 1 fully saturated rings. The van der Waals surface area contributed by atoms with Gasteiger partial charge in [-0.3, -0.25) is 9.59 Å². The summed E-state index contributed by atoms with van der Waals surface area (Å²) in [4.78, 5) is 26.9. The van der Waals surface area contributed by atoms with Crippen LogP contribution in [0.25, 0.3) is 0 Å². The summed E-state index contributed by atoms with van der Waals surface area (Å²) in [6, 6.07) is 10.4. The van der Waals surface area contributed by atoms with E-state index >= 15 is 0 Å². The van der Waals surface area contributed by atoms with Crippen molar-refractivity contribution >= 4 is 34.9 Å². The van der Waals surface area contributed by atoms with Crippen LogP contribution in [0.2, 0.25) is 10.0 Å². The van der Waals surface area contributed by atoms with Gasteiger partial charge in [-0.15, -0.1) is 0 Å². The van der Waals surface area contributed by atoms with Crippen LogP contribution in [0, 0.1) is 6.92 Å². The van der Waals surface area contributed by atoms with Gasteiger partial charge < -0.3 is 14.4 Å². The van der Waals surface area contributed by atoms with Crippen molar-refractivity contribution in [2.45, 2.75) is 31.8 Å². The molecule has 152 valence electrons. The SMILES string of the molecule is Cc1cc2c(cc1Cl)C(=O)CC1(CCN(C(=O)COc3ccc(Cl)cc3)CC1)O2. The molecule has 0 radical (unpaired) electrons. The van der Waals surface area contributed by atoms with Gasteiger partial charge in [-0.1, -0.05) is 23.2 Å². The van der Waals surface area contributed by atoms with Crippen LogP contribution in [-0.4, -0.2) is 41.9 Å². The summed E-state index contributed by atoms with van der Waals surface area (Å²) in [6.45, 7) is 2.91. The predicted molar refractivity (Wildman–Crippen MR) is 111 cm³/mol. The quantitative estimate of drug-likeness (QED) is 0.703. The molecule has 1 saturated heterocycles. The van der Waals surface area contributed by atoms with Crippen LogP contribution < -0.4 is 9.47 Å². The van der Waals surface area contributed by atoms with Crippen molar-refractivity contribution in [2.75, 3.05) is 19.7 Å². The lowest BCUT2D eigenvalue weighted by Gasteiger charge is -2.44. The normalized spacial score (nSPS) is 17.6. The van der Waals surface area contributed by atoms with E-state index in [0.29, 0.717) is 59.5 Å². The highest BCUT2D eigenvalue weighted by atomic mass is 35.5. The number of fused-ring (bicyclic) bond motifs is 1. The van der Waals surface area contributed by atoms with Gasteiger partial charge in [0.05, 0.1) is 12.0 Å². The molecule has 5 nitrogen and oxygen atoms in total. The van der Waals surface area contributed by atoms with Gasteiger partial charge in [0.2, 0.25) is 0 Å². The van der Waals surface area contributed by atoms with Crippen molar-refractivity contribution in [3.05, 3.63) is 57.6 Å². The van der Waals surface area contributed by atoms with Crippen LogP contribution in [0.1, 0.15) is 35.2 Å². The number of benzene rings is 2. The first-order chi connectivity index (χ1) is 13.8. The number of Topliss-reactive ketones (excluding diaryl/α,β-unsaturated/α-hetero) is 1. The predicted octanol–water partition coefficient (Wildman–Crippen LogP) is 4.71. The van der Waals surface area contributed by atoms with E-state index in [1.807, 2.05) is 13.0 Å². The smallest absolute Gasteiger partial charge is 0.260 e. The molecule has 2 heterocycles. The second-order valence-corrected chi connectivity index (χ2v) is 8.45. The first kappa shape index (κ1) is 20.0. The molecule has 2 aromatic carbocycles. The number of likely N-dealkylation sites (tertiary alicyclic amines) is 1. The number of carbonyl (C=O) groups excluding carboxylic acids is 2. The summed E-state index contributed by atoms with van der Waals surface area (Å²) in [6.07, 6.45) is 1.52. The van der Waals surface area contributed by atoms with E-state index in [-0.39, 0.29) is 18.3 Å². The number of amides is 1. The van der Waals surface area contributed by atoms with Gasteiger partial charge >= 0.3 is 0 Å². The molecule has 2 aliphatic rings. The van der Waals surface area contributed by atoms with Crippen LogP contribution in [0.15, 0.2) is 36.4 Å². The first-order valence-corrected chi connectivity index (χ1v) is 10.3. The molecular weight excluding hydrogens is 413 g/mol. The average molecular weight is 434 g/mol. The van der Waals surface area contributed by atoms with E-state index in [4.69, 9.17) is 32.7 Å². The van der Waals surface area contributed by atoms with Gasteiger partial charge in [0.1, 0.15) is 17.1 Å². The van der Waals surface area contributed by atoms with Gasteiger partial charge in [-0.05, 0) is 48.9 Å². The number of nitrogens with zero attached hydrogens (tertiary/aromatic N) is 1. The van der Waals surface area contributed by atoms with Crippen LogP contribution in [0.3, 0.4) is 0 Å². The number of hydrogen-bond acceptors (Lipinski definition) is 4. The van der Waals surface area contributed by atoms with Crippen LogP contribution in [0.4, 0.5) is 0 Å². The van der Waals surface area contributed by atoms with Gasteiger partial charge in [0.15, 0.2) is 12.4 Å². The fourth-order valence-electron chi connectivity index (χ4n) is 3.82. The van der Waals surface area contributed by atoms with E-state index in [1.54, 1.807) is 35.2 Å². The largest absolute Gasteiger partial charge is 0.486 e.